The van der Waals surface area contributed by atoms with Gasteiger partial charge in [0.25, 0.3) is 5.91 Å². The Hall–Kier alpha value is -3.15. The number of aromatic amines is 1. The number of halogens is 1. The number of aromatic nitrogens is 1. The molecule has 0 unspecified atom stereocenters. The Morgan fingerprint density at radius 1 is 1.16 bits per heavy atom. The van der Waals surface area contributed by atoms with Crippen LogP contribution in [-0.4, -0.2) is 29.9 Å². The lowest BCUT2D eigenvalue weighted by Crippen LogP contribution is -2.40. The first-order valence-electron chi connectivity index (χ1n) is 7.99. The van der Waals surface area contributed by atoms with Crippen molar-refractivity contribution in [2.75, 3.05) is 18.0 Å². The number of anilines is 1. The van der Waals surface area contributed by atoms with E-state index < -0.39 is 11.7 Å². The molecule has 3 aromatic rings. The number of rotatable bonds is 5. The van der Waals surface area contributed by atoms with Crippen molar-refractivity contribution >= 4 is 28.4 Å². The summed E-state index contributed by atoms with van der Waals surface area (Å²) in [5.74, 6) is -1.21. The van der Waals surface area contributed by atoms with Crippen LogP contribution in [0.2, 0.25) is 0 Å². The molecule has 2 aromatic carbocycles. The van der Waals surface area contributed by atoms with Crippen molar-refractivity contribution in [3.63, 3.8) is 0 Å². The quantitative estimate of drug-likeness (QED) is 0.750. The van der Waals surface area contributed by atoms with Gasteiger partial charge in [0, 0.05) is 34.9 Å². The molecule has 128 valence electrons. The van der Waals surface area contributed by atoms with Crippen molar-refractivity contribution in [3.05, 3.63) is 66.1 Å². The summed E-state index contributed by atoms with van der Waals surface area (Å²) >= 11 is 0. The van der Waals surface area contributed by atoms with Gasteiger partial charge in [0.15, 0.2) is 0 Å². The largest absolute Gasteiger partial charge is 0.361 e. The fourth-order valence-electron chi connectivity index (χ4n) is 2.69. The molecular weight excluding hydrogens is 321 g/mol. The predicted octanol–water partition coefficient (Wildman–Crippen LogP) is 3.09. The maximum Gasteiger partial charge on any atom is 0.251 e. The van der Waals surface area contributed by atoms with Gasteiger partial charge in [0.2, 0.25) is 5.91 Å². The summed E-state index contributed by atoms with van der Waals surface area (Å²) in [6, 6.07) is 13.0. The highest BCUT2D eigenvalue weighted by molar-refractivity contribution is 6.01. The Bertz CT molecular complexity index is 920. The minimum absolute atomic E-state index is 0.158. The topological polar surface area (TPSA) is 65.2 Å². The number of carbonyl (C=O) groups is 2. The molecule has 1 aromatic heterocycles. The standard InChI is InChI=1S/C19H18FN3O2/c1-2-23(16-6-7-17-13(11-16)8-9-21-17)18(24)12-22-19(25)14-4-3-5-15(20)10-14/h3-11,21H,2,12H2,1H3,(H,22,25). The second-order valence-corrected chi connectivity index (χ2v) is 5.58. The van der Waals surface area contributed by atoms with E-state index in [1.165, 1.54) is 18.2 Å². The molecule has 2 N–H and O–H groups in total. The van der Waals surface area contributed by atoms with Crippen LogP contribution in [0.4, 0.5) is 10.1 Å². The lowest BCUT2D eigenvalue weighted by Gasteiger charge is -2.21. The van der Waals surface area contributed by atoms with Crippen molar-refractivity contribution in [1.82, 2.24) is 10.3 Å². The van der Waals surface area contributed by atoms with Gasteiger partial charge in [-0.15, -0.1) is 0 Å². The molecule has 2 amide bonds. The van der Waals surface area contributed by atoms with E-state index in [0.29, 0.717) is 6.54 Å². The summed E-state index contributed by atoms with van der Waals surface area (Å²) in [4.78, 5) is 29.2. The summed E-state index contributed by atoms with van der Waals surface area (Å²) in [6.45, 7) is 2.19. The maximum atomic E-state index is 13.2. The number of benzene rings is 2. The van der Waals surface area contributed by atoms with Crippen molar-refractivity contribution in [1.29, 1.82) is 0 Å². The monoisotopic (exact) mass is 339 g/mol. The van der Waals surface area contributed by atoms with Crippen LogP contribution in [0.3, 0.4) is 0 Å². The number of fused-ring (bicyclic) bond motifs is 1. The number of nitrogens with one attached hydrogen (secondary N) is 2. The lowest BCUT2D eigenvalue weighted by molar-refractivity contribution is -0.117. The molecule has 0 saturated carbocycles. The van der Waals surface area contributed by atoms with Gasteiger partial charge in [-0.2, -0.15) is 0 Å². The van der Waals surface area contributed by atoms with Crippen molar-refractivity contribution in [2.45, 2.75) is 6.92 Å². The zero-order valence-corrected chi connectivity index (χ0v) is 13.8. The average molecular weight is 339 g/mol. The molecule has 6 heteroatoms. The van der Waals surface area contributed by atoms with E-state index in [9.17, 15) is 14.0 Å². The summed E-state index contributed by atoms with van der Waals surface area (Å²) in [5, 5.41) is 3.55. The molecule has 0 radical (unpaired) electrons. The number of amides is 2. The molecule has 0 saturated heterocycles. The first-order valence-corrected chi connectivity index (χ1v) is 7.99. The molecule has 0 spiro atoms. The van der Waals surface area contributed by atoms with Crippen LogP contribution >= 0.6 is 0 Å². The first kappa shape index (κ1) is 16.7. The van der Waals surface area contributed by atoms with Gasteiger partial charge in [-0.1, -0.05) is 6.07 Å². The van der Waals surface area contributed by atoms with E-state index in [4.69, 9.17) is 0 Å². The fourth-order valence-corrected chi connectivity index (χ4v) is 2.69. The van der Waals surface area contributed by atoms with Crippen LogP contribution in [0.5, 0.6) is 0 Å². The fraction of sp³-hybridized carbons (Fsp3) is 0.158. The first-order chi connectivity index (χ1) is 12.1. The second kappa shape index (κ2) is 7.17. The zero-order chi connectivity index (χ0) is 17.8. The molecule has 1 heterocycles. The second-order valence-electron chi connectivity index (χ2n) is 5.58. The smallest absolute Gasteiger partial charge is 0.251 e. The SMILES string of the molecule is CCN(C(=O)CNC(=O)c1cccc(F)c1)c1ccc2[nH]ccc2c1. The summed E-state index contributed by atoms with van der Waals surface area (Å²) in [6.07, 6.45) is 1.84. The molecular formula is C19H18FN3O2. The Kier molecular flexibility index (Phi) is 4.79. The van der Waals surface area contributed by atoms with E-state index >= 15 is 0 Å². The van der Waals surface area contributed by atoms with Crippen molar-refractivity contribution in [2.24, 2.45) is 0 Å². The third kappa shape index (κ3) is 3.68. The molecule has 3 rings (SSSR count). The highest BCUT2D eigenvalue weighted by Gasteiger charge is 2.16. The number of nitrogens with zero attached hydrogens (tertiary/aromatic N) is 1. The molecule has 25 heavy (non-hydrogen) atoms. The minimum atomic E-state index is -0.492. The summed E-state index contributed by atoms with van der Waals surface area (Å²) < 4.78 is 13.2. The maximum absolute atomic E-state index is 13.2. The van der Waals surface area contributed by atoms with Crippen LogP contribution in [0.25, 0.3) is 10.9 Å². The Labute approximate surface area is 144 Å². The van der Waals surface area contributed by atoms with Crippen LogP contribution in [0, 0.1) is 5.82 Å². The van der Waals surface area contributed by atoms with Crippen LogP contribution in [0.1, 0.15) is 17.3 Å². The van der Waals surface area contributed by atoms with Gasteiger partial charge in [0.1, 0.15) is 5.82 Å². The minimum Gasteiger partial charge on any atom is -0.361 e. The lowest BCUT2D eigenvalue weighted by atomic mass is 10.2. The Morgan fingerprint density at radius 3 is 2.76 bits per heavy atom. The molecule has 0 aliphatic heterocycles. The molecule has 0 bridgehead atoms. The highest BCUT2D eigenvalue weighted by atomic mass is 19.1. The van der Waals surface area contributed by atoms with Gasteiger partial charge >= 0.3 is 0 Å². The van der Waals surface area contributed by atoms with Crippen LogP contribution < -0.4 is 10.2 Å². The highest BCUT2D eigenvalue weighted by Crippen LogP contribution is 2.21. The normalized spacial score (nSPS) is 10.6. The third-order valence-corrected chi connectivity index (χ3v) is 3.95. The number of hydrogen-bond donors (Lipinski definition) is 2. The van der Waals surface area contributed by atoms with Gasteiger partial charge in [-0.3, -0.25) is 9.59 Å². The number of hydrogen-bond acceptors (Lipinski definition) is 2. The Morgan fingerprint density at radius 2 is 2.00 bits per heavy atom. The van der Waals surface area contributed by atoms with E-state index in [1.807, 2.05) is 37.4 Å². The zero-order valence-electron chi connectivity index (χ0n) is 13.8. The average Bonchev–Trinajstić information content (AvgIpc) is 3.08. The number of carbonyl (C=O) groups excluding carboxylic acids is 2. The van der Waals surface area contributed by atoms with E-state index in [1.54, 1.807) is 4.90 Å². The van der Waals surface area contributed by atoms with E-state index in [-0.39, 0.29) is 18.0 Å². The number of H-pyrrole nitrogens is 1. The third-order valence-electron chi connectivity index (χ3n) is 3.95. The van der Waals surface area contributed by atoms with Crippen molar-refractivity contribution < 1.29 is 14.0 Å². The van der Waals surface area contributed by atoms with E-state index in [0.717, 1.165) is 22.7 Å². The molecule has 0 aliphatic rings. The summed E-state index contributed by atoms with van der Waals surface area (Å²) in [5.41, 5.74) is 1.94. The van der Waals surface area contributed by atoms with Crippen molar-refractivity contribution in [3.8, 4) is 0 Å². The van der Waals surface area contributed by atoms with E-state index in [2.05, 4.69) is 10.3 Å². The van der Waals surface area contributed by atoms with Gasteiger partial charge in [-0.25, -0.2) is 4.39 Å². The summed E-state index contributed by atoms with van der Waals surface area (Å²) in [7, 11) is 0. The van der Waals surface area contributed by atoms with Crippen LogP contribution in [0.15, 0.2) is 54.7 Å². The molecule has 0 aliphatic carbocycles. The number of likely N-dealkylation sites (N-methyl/N-ethyl adjacent to an activating group) is 1. The molecule has 0 atom stereocenters. The molecule has 0 fully saturated rings. The van der Waals surface area contributed by atoms with Gasteiger partial charge < -0.3 is 15.2 Å². The molecule has 5 nitrogen and oxygen atoms in total. The van der Waals surface area contributed by atoms with Crippen LogP contribution in [-0.2, 0) is 4.79 Å². The Balaban J connectivity index is 1.69. The predicted molar refractivity (Wildman–Crippen MR) is 95.1 cm³/mol. The van der Waals surface area contributed by atoms with Gasteiger partial charge in [-0.05, 0) is 49.4 Å². The van der Waals surface area contributed by atoms with Gasteiger partial charge in [0.05, 0.1) is 6.54 Å².